The van der Waals surface area contributed by atoms with E-state index in [4.69, 9.17) is 18.9 Å². The summed E-state index contributed by atoms with van der Waals surface area (Å²) < 4.78 is 21.4. The van der Waals surface area contributed by atoms with Crippen molar-refractivity contribution in [2.24, 2.45) is 11.8 Å². The van der Waals surface area contributed by atoms with Crippen LogP contribution < -0.4 is 9.47 Å². The molecule has 0 aliphatic carbocycles. The van der Waals surface area contributed by atoms with E-state index in [-0.39, 0.29) is 0 Å². The number of ether oxygens (including phenoxy) is 4. The van der Waals surface area contributed by atoms with Crippen molar-refractivity contribution in [3.05, 3.63) is 59.7 Å². The van der Waals surface area contributed by atoms with E-state index in [0.29, 0.717) is 11.5 Å². The minimum atomic E-state index is -0.650. The van der Waals surface area contributed by atoms with Crippen LogP contribution in [-0.4, -0.2) is 26.2 Å². The van der Waals surface area contributed by atoms with Gasteiger partial charge in [-0.3, -0.25) is 9.59 Å². The van der Waals surface area contributed by atoms with Crippen LogP contribution in [0.5, 0.6) is 11.5 Å². The maximum absolute atomic E-state index is 12.5. The molecule has 0 spiro atoms. The lowest BCUT2D eigenvalue weighted by molar-refractivity contribution is -0.154. The zero-order valence-corrected chi connectivity index (χ0v) is 14.4. The molecular weight excluding hydrogens is 336 g/mol. The first-order valence-corrected chi connectivity index (χ1v) is 8.31. The lowest BCUT2D eigenvalue weighted by atomic mass is 9.84. The molecule has 4 rings (SSSR count). The van der Waals surface area contributed by atoms with Gasteiger partial charge in [0.1, 0.15) is 35.5 Å². The largest absolute Gasteiger partial charge is 0.497 e. The quantitative estimate of drug-likeness (QED) is 0.787. The summed E-state index contributed by atoms with van der Waals surface area (Å²) >= 11 is 0. The van der Waals surface area contributed by atoms with E-state index >= 15 is 0 Å². The van der Waals surface area contributed by atoms with Crippen molar-refractivity contribution in [2.45, 2.75) is 12.2 Å². The second-order valence-corrected chi connectivity index (χ2v) is 6.31. The number of rotatable bonds is 4. The first kappa shape index (κ1) is 16.4. The molecule has 0 radical (unpaired) electrons. The van der Waals surface area contributed by atoms with E-state index in [0.717, 1.165) is 11.1 Å². The van der Waals surface area contributed by atoms with Crippen molar-refractivity contribution < 1.29 is 28.5 Å². The summed E-state index contributed by atoms with van der Waals surface area (Å²) in [6.07, 6.45) is -1.29. The molecule has 4 atom stereocenters. The smallest absolute Gasteiger partial charge is 0.314 e. The zero-order valence-electron chi connectivity index (χ0n) is 14.4. The highest BCUT2D eigenvalue weighted by Crippen LogP contribution is 2.51. The van der Waals surface area contributed by atoms with Gasteiger partial charge in [-0.25, -0.2) is 0 Å². The van der Waals surface area contributed by atoms with Crippen LogP contribution in [0.2, 0.25) is 0 Å². The molecule has 6 nitrogen and oxygen atoms in total. The van der Waals surface area contributed by atoms with Crippen LogP contribution in [0.15, 0.2) is 48.5 Å². The van der Waals surface area contributed by atoms with Crippen molar-refractivity contribution in [3.63, 3.8) is 0 Å². The van der Waals surface area contributed by atoms with Gasteiger partial charge in [-0.05, 0) is 35.4 Å². The number of hydrogen-bond donors (Lipinski definition) is 0. The number of cyclic esters (lactones) is 2. The molecule has 134 valence electrons. The van der Waals surface area contributed by atoms with E-state index < -0.39 is 36.0 Å². The maximum atomic E-state index is 12.5. The summed E-state index contributed by atoms with van der Waals surface area (Å²) in [6, 6.07) is 14.3. The lowest BCUT2D eigenvalue weighted by Crippen LogP contribution is -2.19. The Bertz CT molecular complexity index is 755. The second-order valence-electron chi connectivity index (χ2n) is 6.31. The minimum Gasteiger partial charge on any atom is -0.497 e. The van der Waals surface area contributed by atoms with E-state index in [1.54, 1.807) is 62.8 Å². The molecule has 0 aromatic heterocycles. The van der Waals surface area contributed by atoms with Gasteiger partial charge in [0.15, 0.2) is 0 Å². The van der Waals surface area contributed by atoms with E-state index in [1.807, 2.05) is 0 Å². The van der Waals surface area contributed by atoms with Gasteiger partial charge in [0, 0.05) is 0 Å². The van der Waals surface area contributed by atoms with Crippen LogP contribution in [0.1, 0.15) is 23.3 Å². The Labute approximate surface area is 150 Å². The Balaban J connectivity index is 1.63. The molecule has 2 aromatic carbocycles. The Kier molecular flexibility index (Phi) is 4.03. The second kappa shape index (κ2) is 6.37. The van der Waals surface area contributed by atoms with Crippen LogP contribution in [0.4, 0.5) is 0 Å². The highest BCUT2D eigenvalue weighted by molar-refractivity contribution is 5.89. The predicted octanol–water partition coefficient (Wildman–Crippen LogP) is 2.83. The molecule has 6 heteroatoms. The van der Waals surface area contributed by atoms with Crippen LogP contribution in [0.3, 0.4) is 0 Å². The monoisotopic (exact) mass is 354 g/mol. The topological polar surface area (TPSA) is 71.1 Å². The first-order chi connectivity index (χ1) is 12.6. The number of methoxy groups -OCH3 is 2. The molecule has 2 saturated heterocycles. The van der Waals surface area contributed by atoms with Crippen LogP contribution >= 0.6 is 0 Å². The summed E-state index contributed by atoms with van der Waals surface area (Å²) in [4.78, 5) is 25.0. The fraction of sp³-hybridized carbons (Fsp3) is 0.300. The van der Waals surface area contributed by atoms with Crippen molar-refractivity contribution in [3.8, 4) is 11.5 Å². The average molecular weight is 354 g/mol. The molecule has 2 aliphatic rings. The molecule has 2 heterocycles. The van der Waals surface area contributed by atoms with Gasteiger partial charge in [0.2, 0.25) is 0 Å². The third-order valence-corrected chi connectivity index (χ3v) is 4.96. The third-order valence-electron chi connectivity index (χ3n) is 4.96. The van der Waals surface area contributed by atoms with Crippen molar-refractivity contribution in [2.75, 3.05) is 14.2 Å². The van der Waals surface area contributed by atoms with Crippen molar-refractivity contribution in [1.82, 2.24) is 0 Å². The normalized spacial score (nSPS) is 26.8. The van der Waals surface area contributed by atoms with Gasteiger partial charge in [-0.15, -0.1) is 0 Å². The van der Waals surface area contributed by atoms with Crippen LogP contribution in [0, 0.1) is 11.8 Å². The summed E-state index contributed by atoms with van der Waals surface area (Å²) in [7, 11) is 3.16. The summed E-state index contributed by atoms with van der Waals surface area (Å²) in [5.41, 5.74) is 1.50. The highest BCUT2D eigenvalue weighted by atomic mass is 16.6. The molecule has 0 N–H and O–H groups in total. The molecular formula is C20H18O6. The summed E-state index contributed by atoms with van der Waals surface area (Å²) in [6.45, 7) is 0. The molecule has 0 amide bonds. The van der Waals surface area contributed by atoms with Gasteiger partial charge in [0.05, 0.1) is 14.2 Å². The number of carbonyl (C=O) groups is 2. The number of fused-ring (bicyclic) bond motifs is 1. The van der Waals surface area contributed by atoms with Gasteiger partial charge < -0.3 is 18.9 Å². The first-order valence-electron chi connectivity index (χ1n) is 8.31. The van der Waals surface area contributed by atoms with Crippen molar-refractivity contribution >= 4 is 11.9 Å². The Morgan fingerprint density at radius 1 is 0.654 bits per heavy atom. The van der Waals surface area contributed by atoms with Gasteiger partial charge in [-0.2, -0.15) is 0 Å². The Morgan fingerprint density at radius 2 is 1.00 bits per heavy atom. The number of esters is 2. The Morgan fingerprint density at radius 3 is 1.31 bits per heavy atom. The van der Waals surface area contributed by atoms with E-state index in [1.165, 1.54) is 0 Å². The standard InChI is InChI=1S/C20H18O6/c1-23-13-7-3-11(4-8-13)17-15-16(20(22)25-17)18(26-19(15)21)12-5-9-14(24-2)10-6-12/h3-10,15-18H,1-2H3/t15?,16?,17-,18-/m0/s1. The van der Waals surface area contributed by atoms with Gasteiger partial charge in [0.25, 0.3) is 0 Å². The van der Waals surface area contributed by atoms with Crippen LogP contribution in [0.25, 0.3) is 0 Å². The zero-order chi connectivity index (χ0) is 18.3. The Hall–Kier alpha value is -3.02. The maximum Gasteiger partial charge on any atom is 0.314 e. The molecule has 2 aromatic rings. The molecule has 2 aliphatic heterocycles. The average Bonchev–Trinajstić information content (AvgIpc) is 3.21. The fourth-order valence-corrected chi connectivity index (χ4v) is 3.61. The van der Waals surface area contributed by atoms with Gasteiger partial charge in [-0.1, -0.05) is 24.3 Å². The van der Waals surface area contributed by atoms with Crippen molar-refractivity contribution in [1.29, 1.82) is 0 Å². The number of hydrogen-bond acceptors (Lipinski definition) is 6. The highest BCUT2D eigenvalue weighted by Gasteiger charge is 2.59. The molecule has 0 bridgehead atoms. The van der Waals surface area contributed by atoms with Crippen LogP contribution in [-0.2, 0) is 19.1 Å². The molecule has 0 saturated carbocycles. The van der Waals surface area contributed by atoms with E-state index in [9.17, 15) is 9.59 Å². The minimum absolute atomic E-state index is 0.414. The third kappa shape index (κ3) is 2.58. The summed E-state index contributed by atoms with van der Waals surface area (Å²) in [5.74, 6) is -0.740. The molecule has 2 unspecified atom stereocenters. The van der Waals surface area contributed by atoms with Gasteiger partial charge >= 0.3 is 11.9 Å². The number of benzene rings is 2. The molecule has 2 fully saturated rings. The fourth-order valence-electron chi connectivity index (χ4n) is 3.61. The number of carbonyl (C=O) groups excluding carboxylic acids is 2. The molecule has 26 heavy (non-hydrogen) atoms. The predicted molar refractivity (Wildman–Crippen MR) is 90.6 cm³/mol. The van der Waals surface area contributed by atoms with E-state index in [2.05, 4.69) is 0 Å². The SMILES string of the molecule is COc1ccc([C@@H]2OC(=O)C3C2C(=O)O[C@H]3c2ccc(OC)cc2)cc1. The summed E-state index contributed by atoms with van der Waals surface area (Å²) in [5, 5.41) is 0. The lowest BCUT2D eigenvalue weighted by Gasteiger charge is -2.15.